The number of pyridine rings is 1. The van der Waals surface area contributed by atoms with Crippen molar-refractivity contribution in [2.24, 2.45) is 11.3 Å². The van der Waals surface area contributed by atoms with E-state index in [1.807, 2.05) is 39.6 Å². The fraction of sp³-hybridized carbons (Fsp3) is 0.457. The van der Waals surface area contributed by atoms with Gasteiger partial charge >= 0.3 is 0 Å². The summed E-state index contributed by atoms with van der Waals surface area (Å²) in [6, 6.07) is 9.87. The molecule has 3 heterocycles. The summed E-state index contributed by atoms with van der Waals surface area (Å²) in [5, 5.41) is 13.8. The maximum atomic E-state index is 14.6. The molecule has 240 valence electrons. The van der Waals surface area contributed by atoms with E-state index in [1.165, 1.54) is 18.2 Å². The predicted octanol–water partition coefficient (Wildman–Crippen LogP) is 7.54. The van der Waals surface area contributed by atoms with Gasteiger partial charge in [0.2, 0.25) is 0 Å². The fourth-order valence-electron chi connectivity index (χ4n) is 7.08. The van der Waals surface area contributed by atoms with Crippen LogP contribution < -0.4 is 0 Å². The van der Waals surface area contributed by atoms with Crippen LogP contribution in [0.25, 0.3) is 17.1 Å². The van der Waals surface area contributed by atoms with Gasteiger partial charge in [-0.1, -0.05) is 60.5 Å². The van der Waals surface area contributed by atoms with Crippen molar-refractivity contribution in [2.75, 3.05) is 0 Å². The SMILES string of the molecule is C=O.C=O.CC.CCC(CC)Cc1ncn(-c2cc(C)cc([C@@]34CC[C@@H](c5cc(-c6c(F)cccc6F)nnc53)C4(C)C)n2)n1. The Morgan fingerprint density at radius 2 is 1.64 bits per heavy atom. The second kappa shape index (κ2) is 14.7. The van der Waals surface area contributed by atoms with E-state index in [0.29, 0.717) is 5.92 Å². The molecule has 10 heteroatoms. The van der Waals surface area contributed by atoms with Crippen LogP contribution in [-0.4, -0.2) is 43.5 Å². The van der Waals surface area contributed by atoms with Crippen LogP contribution in [0, 0.1) is 29.9 Å². The van der Waals surface area contributed by atoms with Gasteiger partial charge in [0.25, 0.3) is 0 Å². The van der Waals surface area contributed by atoms with Gasteiger partial charge in [-0.05, 0) is 78.5 Å². The maximum absolute atomic E-state index is 14.6. The fourth-order valence-corrected chi connectivity index (χ4v) is 7.08. The van der Waals surface area contributed by atoms with Gasteiger partial charge in [-0.15, -0.1) is 10.2 Å². The largest absolute Gasteiger partial charge is 0.307 e. The van der Waals surface area contributed by atoms with Gasteiger partial charge in [0.05, 0.1) is 28.1 Å². The highest BCUT2D eigenvalue weighted by Gasteiger charge is 2.65. The van der Waals surface area contributed by atoms with Crippen LogP contribution in [0.2, 0.25) is 0 Å². The number of hydrogen-bond donors (Lipinski definition) is 0. The number of carbonyl (C=O) groups is 2. The Labute approximate surface area is 264 Å². The van der Waals surface area contributed by atoms with Crippen molar-refractivity contribution in [3.8, 4) is 17.1 Å². The summed E-state index contributed by atoms with van der Waals surface area (Å²) in [7, 11) is 0. The van der Waals surface area contributed by atoms with Crippen LogP contribution in [0.5, 0.6) is 0 Å². The van der Waals surface area contributed by atoms with Crippen molar-refractivity contribution in [3.05, 3.63) is 82.7 Å². The summed E-state index contributed by atoms with van der Waals surface area (Å²) >= 11 is 0. The molecule has 0 saturated heterocycles. The van der Waals surface area contributed by atoms with Gasteiger partial charge in [0, 0.05) is 6.42 Å². The van der Waals surface area contributed by atoms with Crippen molar-refractivity contribution in [3.63, 3.8) is 0 Å². The maximum Gasteiger partial charge on any atom is 0.155 e. The Morgan fingerprint density at radius 1 is 1.00 bits per heavy atom. The average molecular weight is 619 g/mol. The van der Waals surface area contributed by atoms with Gasteiger partial charge in [-0.2, -0.15) is 5.10 Å². The zero-order valence-corrected chi connectivity index (χ0v) is 27.4. The second-order valence-corrected chi connectivity index (χ2v) is 11.7. The van der Waals surface area contributed by atoms with Crippen LogP contribution in [0.3, 0.4) is 0 Å². The van der Waals surface area contributed by atoms with Crippen LogP contribution in [0.4, 0.5) is 8.78 Å². The highest BCUT2D eigenvalue weighted by atomic mass is 19.1. The molecule has 2 aliphatic rings. The van der Waals surface area contributed by atoms with Crippen molar-refractivity contribution in [1.29, 1.82) is 0 Å². The smallest absolute Gasteiger partial charge is 0.155 e. The van der Waals surface area contributed by atoms with Crippen molar-refractivity contribution in [1.82, 2.24) is 29.9 Å². The van der Waals surface area contributed by atoms with E-state index in [1.54, 1.807) is 11.0 Å². The van der Waals surface area contributed by atoms with Crippen LogP contribution in [0.15, 0.2) is 42.7 Å². The highest BCUT2D eigenvalue weighted by Crippen LogP contribution is 2.69. The van der Waals surface area contributed by atoms with E-state index in [-0.39, 0.29) is 22.6 Å². The molecule has 6 rings (SSSR count). The minimum atomic E-state index is -0.636. The van der Waals surface area contributed by atoms with Crippen molar-refractivity contribution < 1.29 is 18.4 Å². The van der Waals surface area contributed by atoms with Crippen LogP contribution in [0.1, 0.15) is 101 Å². The standard InChI is InChI=1S/C31H34F2N6.C2H6.2CH2O/c1-6-19(7-2)15-26-34-17-39(38-26)27-14-18(3)13-25(35-27)31-12-11-21(30(31,4)5)20-16-24(36-37-29(20)31)28-22(32)9-8-10-23(28)33;3*1-2/h8-10,13-14,16-17,19,21H,6-7,11-12,15H2,1-5H3;1-2H3;2*1H2/t21-,31-;;;/m0.../s1. The molecule has 0 N–H and O–H groups in total. The molecular weight excluding hydrogens is 574 g/mol. The lowest BCUT2D eigenvalue weighted by atomic mass is 9.66. The van der Waals surface area contributed by atoms with E-state index in [4.69, 9.17) is 19.7 Å². The van der Waals surface area contributed by atoms with Gasteiger partial charge in [-0.3, -0.25) is 0 Å². The van der Waals surface area contributed by atoms with Crippen LogP contribution >= 0.6 is 0 Å². The van der Waals surface area contributed by atoms with Gasteiger partial charge in [-0.25, -0.2) is 23.4 Å². The highest BCUT2D eigenvalue weighted by molar-refractivity contribution is 5.64. The van der Waals surface area contributed by atoms with Gasteiger partial charge in [0.1, 0.15) is 31.5 Å². The molecule has 1 fully saturated rings. The Hall–Kier alpha value is -4.21. The normalized spacial score (nSPS) is 18.6. The Bertz CT molecular complexity index is 1580. The number of benzene rings is 1. The Balaban J connectivity index is 0.000000870. The van der Waals surface area contributed by atoms with E-state index in [2.05, 4.69) is 55.9 Å². The van der Waals surface area contributed by atoms with Gasteiger partial charge < -0.3 is 9.59 Å². The third-order valence-corrected chi connectivity index (χ3v) is 9.39. The molecular formula is C35H44F2N6O2. The zero-order valence-electron chi connectivity index (χ0n) is 27.4. The number of hydrogen-bond acceptors (Lipinski definition) is 7. The number of nitrogens with zero attached hydrogens (tertiary/aromatic N) is 6. The lowest BCUT2D eigenvalue weighted by Crippen LogP contribution is -2.38. The molecule has 8 nitrogen and oxygen atoms in total. The summed E-state index contributed by atoms with van der Waals surface area (Å²) < 4.78 is 31.0. The first-order valence-corrected chi connectivity index (χ1v) is 15.5. The molecule has 0 unspecified atom stereocenters. The first-order chi connectivity index (χ1) is 21.7. The Morgan fingerprint density at radius 3 is 2.27 bits per heavy atom. The van der Waals surface area contributed by atoms with E-state index >= 15 is 0 Å². The number of aryl methyl sites for hydroxylation is 1. The third-order valence-electron chi connectivity index (χ3n) is 9.39. The lowest BCUT2D eigenvalue weighted by molar-refractivity contribution is -0.0987. The average Bonchev–Trinajstić information content (AvgIpc) is 3.69. The lowest BCUT2D eigenvalue weighted by Gasteiger charge is -2.37. The topological polar surface area (TPSA) is 104 Å². The van der Waals surface area contributed by atoms with Gasteiger partial charge in [0.15, 0.2) is 11.6 Å². The molecule has 0 spiro atoms. The molecule has 0 aliphatic heterocycles. The first-order valence-electron chi connectivity index (χ1n) is 15.5. The molecule has 0 amide bonds. The van der Waals surface area contributed by atoms with E-state index in [9.17, 15) is 8.78 Å². The monoisotopic (exact) mass is 618 g/mol. The molecule has 0 radical (unpaired) electrons. The van der Waals surface area contributed by atoms with Crippen molar-refractivity contribution in [2.45, 2.75) is 91.9 Å². The molecule has 3 aromatic heterocycles. The summed E-state index contributed by atoms with van der Waals surface area (Å²) in [5.74, 6) is 1.03. The first kappa shape index (κ1) is 35.3. The molecule has 4 aromatic rings. The second-order valence-electron chi connectivity index (χ2n) is 11.7. The summed E-state index contributed by atoms with van der Waals surface area (Å²) in [6.45, 7) is 19.0. The van der Waals surface area contributed by atoms with Crippen molar-refractivity contribution >= 4 is 13.6 Å². The zero-order chi connectivity index (χ0) is 33.5. The third kappa shape index (κ3) is 6.07. The molecule has 1 aromatic carbocycles. The number of carbonyl (C=O) groups excluding carboxylic acids is 2. The number of rotatable bonds is 7. The molecule has 1 saturated carbocycles. The predicted molar refractivity (Wildman–Crippen MR) is 171 cm³/mol. The minimum absolute atomic E-state index is 0.131. The Kier molecular flexibility index (Phi) is 11.5. The van der Waals surface area contributed by atoms with E-state index < -0.39 is 17.0 Å². The molecule has 2 atom stereocenters. The summed E-state index contributed by atoms with van der Waals surface area (Å²) in [6.07, 6.45) is 6.63. The molecule has 2 bridgehead atoms. The minimum Gasteiger partial charge on any atom is -0.307 e. The number of fused-ring (bicyclic) bond motifs is 5. The quantitative estimate of drug-likeness (QED) is 0.211. The molecule has 2 aliphatic carbocycles. The molecule has 45 heavy (non-hydrogen) atoms. The summed E-state index contributed by atoms with van der Waals surface area (Å²) in [5.41, 5.74) is 3.30. The summed E-state index contributed by atoms with van der Waals surface area (Å²) in [4.78, 5) is 25.7. The number of halogens is 2. The van der Waals surface area contributed by atoms with Crippen LogP contribution in [-0.2, 0) is 21.4 Å². The number of aromatic nitrogens is 6. The van der Waals surface area contributed by atoms with E-state index in [0.717, 1.165) is 66.3 Å².